The Kier molecular flexibility index (Phi) is 7.24. The van der Waals surface area contributed by atoms with Gasteiger partial charge in [-0.3, -0.25) is 14.4 Å². The van der Waals surface area contributed by atoms with E-state index < -0.39 is 0 Å². The quantitative estimate of drug-likeness (QED) is 0.443. The fourth-order valence-electron chi connectivity index (χ4n) is 9.59. The maximum absolute atomic E-state index is 14.2. The van der Waals surface area contributed by atoms with Gasteiger partial charge in [0.1, 0.15) is 11.9 Å². The second-order valence-electron chi connectivity index (χ2n) is 12.6. The van der Waals surface area contributed by atoms with Crippen molar-refractivity contribution >= 4 is 17.7 Å². The molecule has 0 aliphatic heterocycles. The standard InChI is InChI=1S/C29H46O5/c1-7-20-24-16-19(34-18(3)30)12-14-29(24,5)23-13-15-28(4)21(17(2)8-11-25(31)33-6)9-10-22(28)26(23)27(20)32/h17,19-24,26H,7-16H2,1-6H3. The van der Waals surface area contributed by atoms with Gasteiger partial charge in [0.05, 0.1) is 7.11 Å². The highest BCUT2D eigenvalue weighted by Gasteiger charge is 2.65. The van der Waals surface area contributed by atoms with Crippen LogP contribution in [0.5, 0.6) is 0 Å². The molecule has 10 atom stereocenters. The molecular weight excluding hydrogens is 428 g/mol. The van der Waals surface area contributed by atoms with Gasteiger partial charge in [0.2, 0.25) is 0 Å². The second kappa shape index (κ2) is 9.58. The lowest BCUT2D eigenvalue weighted by Gasteiger charge is -2.62. The molecule has 0 aromatic rings. The lowest BCUT2D eigenvalue weighted by molar-refractivity contribution is -0.178. The van der Waals surface area contributed by atoms with E-state index in [4.69, 9.17) is 9.47 Å². The number of fused-ring (bicyclic) bond motifs is 5. The predicted molar refractivity (Wildman–Crippen MR) is 131 cm³/mol. The van der Waals surface area contributed by atoms with Crippen molar-refractivity contribution in [2.24, 2.45) is 52.3 Å². The summed E-state index contributed by atoms with van der Waals surface area (Å²) in [6.45, 7) is 10.9. The van der Waals surface area contributed by atoms with E-state index in [2.05, 4.69) is 27.7 Å². The van der Waals surface area contributed by atoms with Crippen molar-refractivity contribution in [2.45, 2.75) is 105 Å². The summed E-state index contributed by atoms with van der Waals surface area (Å²) in [6, 6.07) is 0. The zero-order valence-electron chi connectivity index (χ0n) is 22.2. The van der Waals surface area contributed by atoms with E-state index in [0.29, 0.717) is 41.8 Å². The van der Waals surface area contributed by atoms with Gasteiger partial charge < -0.3 is 9.47 Å². The molecule has 5 heteroatoms. The van der Waals surface area contributed by atoms with Gasteiger partial charge in [0.15, 0.2) is 0 Å². The first-order valence-corrected chi connectivity index (χ1v) is 13.8. The molecule has 0 N–H and O–H groups in total. The Hall–Kier alpha value is -1.39. The van der Waals surface area contributed by atoms with Crippen LogP contribution in [0.4, 0.5) is 0 Å². The van der Waals surface area contributed by atoms with E-state index in [1.807, 2.05) is 0 Å². The third kappa shape index (κ3) is 4.13. The van der Waals surface area contributed by atoms with Crippen LogP contribution in [0.15, 0.2) is 0 Å². The Bertz CT molecular complexity index is 806. The minimum Gasteiger partial charge on any atom is -0.469 e. The summed E-state index contributed by atoms with van der Waals surface area (Å²) in [5.74, 6) is 2.73. The van der Waals surface area contributed by atoms with Crippen LogP contribution in [0.3, 0.4) is 0 Å². The average Bonchev–Trinajstić information content (AvgIpc) is 3.15. The van der Waals surface area contributed by atoms with Crippen LogP contribution in [0, 0.1) is 52.3 Å². The first-order valence-electron chi connectivity index (χ1n) is 13.8. The van der Waals surface area contributed by atoms with Gasteiger partial charge in [0, 0.05) is 25.2 Å². The van der Waals surface area contributed by atoms with Crippen LogP contribution < -0.4 is 0 Å². The maximum atomic E-state index is 14.2. The zero-order valence-corrected chi connectivity index (χ0v) is 22.2. The SMILES string of the molecule is CCC1C(=O)C2C3CCC(C(C)CCC(=O)OC)C3(C)CCC2C2(C)CCC(OC(C)=O)CC12. The van der Waals surface area contributed by atoms with Gasteiger partial charge in [-0.25, -0.2) is 0 Å². The summed E-state index contributed by atoms with van der Waals surface area (Å²) in [6.07, 6.45) is 9.67. The van der Waals surface area contributed by atoms with Gasteiger partial charge >= 0.3 is 11.9 Å². The summed E-state index contributed by atoms with van der Waals surface area (Å²) < 4.78 is 10.5. The Labute approximate surface area is 206 Å². The van der Waals surface area contributed by atoms with Crippen LogP contribution in [0.25, 0.3) is 0 Å². The smallest absolute Gasteiger partial charge is 0.305 e. The number of Topliss-reactive ketones (excluding diaryl/α,β-unsaturated/α-hetero) is 1. The van der Waals surface area contributed by atoms with Gasteiger partial charge in [-0.05, 0) is 98.2 Å². The number of carbonyl (C=O) groups excluding carboxylic acids is 3. The topological polar surface area (TPSA) is 69.7 Å². The van der Waals surface area contributed by atoms with Crippen LogP contribution in [0.2, 0.25) is 0 Å². The lowest BCUT2D eigenvalue weighted by atomic mass is 9.42. The zero-order chi connectivity index (χ0) is 24.8. The van der Waals surface area contributed by atoms with E-state index in [-0.39, 0.29) is 40.7 Å². The highest BCUT2D eigenvalue weighted by atomic mass is 16.5. The van der Waals surface area contributed by atoms with Gasteiger partial charge in [0.25, 0.3) is 0 Å². The molecule has 0 saturated heterocycles. The third-order valence-electron chi connectivity index (χ3n) is 11.2. The monoisotopic (exact) mass is 474 g/mol. The number of esters is 2. The molecule has 0 bridgehead atoms. The number of rotatable bonds is 6. The molecule has 4 aliphatic rings. The maximum Gasteiger partial charge on any atom is 0.305 e. The molecule has 0 heterocycles. The largest absolute Gasteiger partial charge is 0.469 e. The molecule has 4 saturated carbocycles. The third-order valence-corrected chi connectivity index (χ3v) is 11.2. The van der Waals surface area contributed by atoms with Gasteiger partial charge in [-0.2, -0.15) is 0 Å². The highest BCUT2D eigenvalue weighted by molar-refractivity contribution is 5.86. The van der Waals surface area contributed by atoms with E-state index in [1.165, 1.54) is 26.9 Å². The van der Waals surface area contributed by atoms with Gasteiger partial charge in [-0.1, -0.05) is 27.7 Å². The number of methoxy groups -OCH3 is 1. The average molecular weight is 475 g/mol. The van der Waals surface area contributed by atoms with Crippen LogP contribution >= 0.6 is 0 Å². The molecular formula is C29H46O5. The molecule has 0 radical (unpaired) electrons. The summed E-state index contributed by atoms with van der Waals surface area (Å²) in [5.41, 5.74) is 0.342. The van der Waals surface area contributed by atoms with Crippen molar-refractivity contribution in [1.29, 1.82) is 0 Å². The second-order valence-corrected chi connectivity index (χ2v) is 12.6. The van der Waals surface area contributed by atoms with Crippen molar-refractivity contribution in [3.05, 3.63) is 0 Å². The number of carbonyl (C=O) groups is 3. The van der Waals surface area contributed by atoms with Crippen molar-refractivity contribution in [3.63, 3.8) is 0 Å². The Morgan fingerprint density at radius 3 is 2.35 bits per heavy atom. The first-order chi connectivity index (χ1) is 16.1. The molecule has 0 aromatic heterocycles. The van der Waals surface area contributed by atoms with Crippen LogP contribution in [-0.4, -0.2) is 30.9 Å². The Balaban J connectivity index is 1.57. The predicted octanol–water partition coefficient (Wildman–Crippen LogP) is 5.98. The molecule has 0 amide bonds. The molecule has 4 fully saturated rings. The molecule has 34 heavy (non-hydrogen) atoms. The minimum atomic E-state index is -0.201. The molecule has 4 rings (SSSR count). The Morgan fingerprint density at radius 2 is 1.71 bits per heavy atom. The fourth-order valence-corrected chi connectivity index (χ4v) is 9.59. The van der Waals surface area contributed by atoms with Crippen molar-refractivity contribution < 1.29 is 23.9 Å². The number of hydrogen-bond acceptors (Lipinski definition) is 5. The summed E-state index contributed by atoms with van der Waals surface area (Å²) >= 11 is 0. The highest BCUT2D eigenvalue weighted by Crippen LogP contribution is 2.68. The summed E-state index contributed by atoms with van der Waals surface area (Å²) in [5, 5.41) is 0. The lowest BCUT2D eigenvalue weighted by Crippen LogP contribution is -2.60. The summed E-state index contributed by atoms with van der Waals surface area (Å²) in [4.78, 5) is 37.5. The molecule has 192 valence electrons. The fraction of sp³-hybridized carbons (Fsp3) is 0.897. The first kappa shape index (κ1) is 25.7. The minimum absolute atomic E-state index is 0.0330. The van der Waals surface area contributed by atoms with Gasteiger partial charge in [-0.15, -0.1) is 0 Å². The molecule has 0 spiro atoms. The van der Waals surface area contributed by atoms with Crippen molar-refractivity contribution in [3.8, 4) is 0 Å². The number of hydrogen-bond donors (Lipinski definition) is 0. The van der Waals surface area contributed by atoms with Crippen molar-refractivity contribution in [2.75, 3.05) is 7.11 Å². The molecule has 5 nitrogen and oxygen atoms in total. The van der Waals surface area contributed by atoms with Crippen molar-refractivity contribution in [1.82, 2.24) is 0 Å². The van der Waals surface area contributed by atoms with Crippen LogP contribution in [0.1, 0.15) is 98.8 Å². The molecule has 10 unspecified atom stereocenters. The number of ketones is 1. The number of ether oxygens (including phenoxy) is 2. The van der Waals surface area contributed by atoms with E-state index in [9.17, 15) is 14.4 Å². The van der Waals surface area contributed by atoms with E-state index >= 15 is 0 Å². The Morgan fingerprint density at radius 1 is 1.03 bits per heavy atom. The van der Waals surface area contributed by atoms with E-state index in [1.54, 1.807) is 0 Å². The molecule has 0 aromatic carbocycles. The molecule has 4 aliphatic carbocycles. The summed E-state index contributed by atoms with van der Waals surface area (Å²) in [7, 11) is 1.47. The van der Waals surface area contributed by atoms with Crippen LogP contribution in [-0.2, 0) is 23.9 Å². The van der Waals surface area contributed by atoms with E-state index in [0.717, 1.165) is 44.9 Å². The normalized spacial score (nSPS) is 44.4.